The standard InChI is InChI=1S/C16H15ClN2O6S/c1-2-25-16(20)14-9-12(6-7-15(14)17)18-26(23,24)10-11-4-3-5-13(8-11)19(21)22/h3-9,18H,2,10H2,1H3. The van der Waals surface area contributed by atoms with Gasteiger partial charge in [-0.05, 0) is 30.7 Å². The monoisotopic (exact) mass is 398 g/mol. The van der Waals surface area contributed by atoms with E-state index in [1.807, 2.05) is 0 Å². The van der Waals surface area contributed by atoms with Crippen LogP contribution in [-0.2, 0) is 20.5 Å². The van der Waals surface area contributed by atoms with E-state index in [1.165, 1.54) is 42.5 Å². The molecule has 0 atom stereocenters. The topological polar surface area (TPSA) is 116 Å². The molecule has 0 saturated carbocycles. The molecule has 1 N–H and O–H groups in total. The first kappa shape index (κ1) is 19.7. The van der Waals surface area contributed by atoms with Crippen LogP contribution in [0.1, 0.15) is 22.8 Å². The average Bonchev–Trinajstić information content (AvgIpc) is 2.56. The Hall–Kier alpha value is -2.65. The maximum Gasteiger partial charge on any atom is 0.339 e. The van der Waals surface area contributed by atoms with Crippen molar-refractivity contribution in [2.75, 3.05) is 11.3 Å². The fourth-order valence-corrected chi connectivity index (χ4v) is 3.52. The van der Waals surface area contributed by atoms with Crippen LogP contribution in [0.4, 0.5) is 11.4 Å². The maximum absolute atomic E-state index is 12.3. The molecule has 8 nitrogen and oxygen atoms in total. The van der Waals surface area contributed by atoms with E-state index in [0.717, 1.165) is 0 Å². The number of carbonyl (C=O) groups excluding carboxylic acids is 1. The first-order valence-corrected chi connectivity index (χ1v) is 9.45. The van der Waals surface area contributed by atoms with Crippen LogP contribution in [0.3, 0.4) is 0 Å². The van der Waals surface area contributed by atoms with Gasteiger partial charge in [-0.25, -0.2) is 13.2 Å². The summed E-state index contributed by atoms with van der Waals surface area (Å²) in [5, 5.41) is 10.9. The number of esters is 1. The summed E-state index contributed by atoms with van der Waals surface area (Å²) in [5.41, 5.74) is 0.215. The Kier molecular flexibility index (Phi) is 6.17. The third-order valence-corrected chi connectivity index (χ3v) is 4.80. The number of carbonyl (C=O) groups is 1. The van der Waals surface area contributed by atoms with Gasteiger partial charge >= 0.3 is 5.97 Å². The third-order valence-electron chi connectivity index (χ3n) is 3.21. The number of non-ortho nitro benzene ring substituents is 1. The second kappa shape index (κ2) is 8.15. The van der Waals surface area contributed by atoms with Crippen LogP contribution >= 0.6 is 11.6 Å². The minimum absolute atomic E-state index is 0.0315. The van der Waals surface area contributed by atoms with Gasteiger partial charge in [-0.15, -0.1) is 0 Å². The summed E-state index contributed by atoms with van der Waals surface area (Å²) in [6, 6.07) is 9.38. The molecule has 0 aliphatic carbocycles. The fraction of sp³-hybridized carbons (Fsp3) is 0.188. The smallest absolute Gasteiger partial charge is 0.339 e. The molecular formula is C16H15ClN2O6S. The Morgan fingerprint density at radius 2 is 2.00 bits per heavy atom. The molecule has 2 rings (SSSR count). The Morgan fingerprint density at radius 1 is 1.27 bits per heavy atom. The summed E-state index contributed by atoms with van der Waals surface area (Å²) in [6.45, 7) is 1.79. The van der Waals surface area contributed by atoms with Gasteiger partial charge in [0, 0.05) is 17.8 Å². The van der Waals surface area contributed by atoms with E-state index in [4.69, 9.17) is 16.3 Å². The molecule has 2 aromatic carbocycles. The zero-order valence-corrected chi connectivity index (χ0v) is 15.2. The molecule has 0 aliphatic heterocycles. The molecule has 0 amide bonds. The van der Waals surface area contributed by atoms with Crippen LogP contribution in [0, 0.1) is 10.1 Å². The van der Waals surface area contributed by atoms with E-state index in [-0.39, 0.29) is 34.1 Å². The maximum atomic E-state index is 12.3. The van der Waals surface area contributed by atoms with Gasteiger partial charge in [0.15, 0.2) is 0 Å². The number of sulfonamides is 1. The quantitative estimate of drug-likeness (QED) is 0.434. The molecule has 26 heavy (non-hydrogen) atoms. The largest absolute Gasteiger partial charge is 0.462 e. The molecule has 0 spiro atoms. The van der Waals surface area contributed by atoms with Crippen molar-refractivity contribution in [2.24, 2.45) is 0 Å². The summed E-state index contributed by atoms with van der Waals surface area (Å²) in [7, 11) is -3.87. The van der Waals surface area contributed by atoms with Crippen LogP contribution < -0.4 is 4.72 Å². The second-order valence-electron chi connectivity index (χ2n) is 5.20. The van der Waals surface area contributed by atoms with Crippen molar-refractivity contribution in [1.82, 2.24) is 0 Å². The molecule has 10 heteroatoms. The van der Waals surface area contributed by atoms with Gasteiger partial charge < -0.3 is 4.74 Å². The second-order valence-corrected chi connectivity index (χ2v) is 7.33. The Morgan fingerprint density at radius 3 is 2.65 bits per heavy atom. The summed E-state index contributed by atoms with van der Waals surface area (Å²) < 4.78 is 31.8. The van der Waals surface area contributed by atoms with E-state index in [2.05, 4.69) is 4.72 Å². The first-order chi connectivity index (χ1) is 12.2. The summed E-state index contributed by atoms with van der Waals surface area (Å²) >= 11 is 5.93. The van der Waals surface area contributed by atoms with E-state index in [1.54, 1.807) is 6.92 Å². The summed E-state index contributed by atoms with van der Waals surface area (Å²) in [5.74, 6) is -1.14. The highest BCUT2D eigenvalue weighted by Crippen LogP contribution is 2.23. The number of hydrogen-bond acceptors (Lipinski definition) is 6. The Labute approximate surface area is 154 Å². The predicted molar refractivity (Wildman–Crippen MR) is 96.8 cm³/mol. The van der Waals surface area contributed by atoms with Gasteiger partial charge in [0.05, 0.1) is 27.9 Å². The average molecular weight is 399 g/mol. The number of hydrogen-bond donors (Lipinski definition) is 1. The highest BCUT2D eigenvalue weighted by Gasteiger charge is 2.17. The first-order valence-electron chi connectivity index (χ1n) is 7.42. The number of ether oxygens (including phenoxy) is 1. The molecule has 0 aromatic heterocycles. The summed E-state index contributed by atoms with van der Waals surface area (Å²) in [6.07, 6.45) is 0. The van der Waals surface area contributed by atoms with Crippen molar-refractivity contribution in [3.05, 3.63) is 68.7 Å². The van der Waals surface area contributed by atoms with Crippen LogP contribution in [-0.4, -0.2) is 25.9 Å². The van der Waals surface area contributed by atoms with Crippen molar-refractivity contribution in [2.45, 2.75) is 12.7 Å². The van der Waals surface area contributed by atoms with Crippen molar-refractivity contribution in [3.8, 4) is 0 Å². The highest BCUT2D eigenvalue weighted by molar-refractivity contribution is 7.91. The fourth-order valence-electron chi connectivity index (χ4n) is 2.15. The molecular weight excluding hydrogens is 384 g/mol. The van der Waals surface area contributed by atoms with Crippen LogP contribution in [0.25, 0.3) is 0 Å². The molecule has 0 bridgehead atoms. The minimum Gasteiger partial charge on any atom is -0.462 e. The zero-order chi connectivity index (χ0) is 19.3. The molecule has 0 aliphatic rings. The number of halogens is 1. The summed E-state index contributed by atoms with van der Waals surface area (Å²) in [4.78, 5) is 22.0. The number of anilines is 1. The van der Waals surface area contributed by atoms with E-state index in [0.29, 0.717) is 0 Å². The van der Waals surface area contributed by atoms with Crippen LogP contribution in [0.2, 0.25) is 5.02 Å². The lowest BCUT2D eigenvalue weighted by Crippen LogP contribution is -2.16. The third kappa shape index (κ3) is 5.17. The molecule has 0 saturated heterocycles. The highest BCUT2D eigenvalue weighted by atomic mass is 35.5. The Bertz CT molecular complexity index is 946. The number of rotatable bonds is 7. The number of benzene rings is 2. The van der Waals surface area contributed by atoms with Crippen molar-refractivity contribution in [1.29, 1.82) is 0 Å². The van der Waals surface area contributed by atoms with E-state index < -0.39 is 26.7 Å². The predicted octanol–water partition coefficient (Wildman–Crippen LogP) is 3.37. The number of nitrogens with zero attached hydrogens (tertiary/aromatic N) is 1. The van der Waals surface area contributed by atoms with Gasteiger partial charge in [-0.3, -0.25) is 14.8 Å². The SMILES string of the molecule is CCOC(=O)c1cc(NS(=O)(=O)Cc2cccc([N+](=O)[O-])c2)ccc1Cl. The normalized spacial score (nSPS) is 11.0. The van der Waals surface area contributed by atoms with Crippen LogP contribution in [0.15, 0.2) is 42.5 Å². The van der Waals surface area contributed by atoms with Crippen molar-refractivity contribution in [3.63, 3.8) is 0 Å². The molecule has 0 fully saturated rings. The van der Waals surface area contributed by atoms with E-state index in [9.17, 15) is 23.3 Å². The van der Waals surface area contributed by atoms with Gasteiger partial charge in [-0.1, -0.05) is 23.7 Å². The number of nitro groups is 1. The number of nitro benzene ring substituents is 1. The lowest BCUT2D eigenvalue weighted by atomic mass is 10.2. The van der Waals surface area contributed by atoms with E-state index >= 15 is 0 Å². The zero-order valence-electron chi connectivity index (χ0n) is 13.6. The van der Waals surface area contributed by atoms with Gasteiger partial charge in [0.25, 0.3) is 5.69 Å². The lowest BCUT2D eigenvalue weighted by molar-refractivity contribution is -0.384. The van der Waals surface area contributed by atoms with Gasteiger partial charge in [0.2, 0.25) is 10.0 Å². The van der Waals surface area contributed by atoms with Gasteiger partial charge in [0.1, 0.15) is 0 Å². The van der Waals surface area contributed by atoms with Crippen molar-refractivity contribution >= 4 is 39.0 Å². The molecule has 0 heterocycles. The molecule has 0 unspecified atom stereocenters. The Balaban J connectivity index is 2.21. The van der Waals surface area contributed by atoms with Crippen molar-refractivity contribution < 1.29 is 22.9 Å². The van der Waals surface area contributed by atoms with Gasteiger partial charge in [-0.2, -0.15) is 0 Å². The molecule has 2 aromatic rings. The lowest BCUT2D eigenvalue weighted by Gasteiger charge is -2.10. The molecule has 0 radical (unpaired) electrons. The molecule has 138 valence electrons. The van der Waals surface area contributed by atoms with Crippen LogP contribution in [0.5, 0.6) is 0 Å². The minimum atomic E-state index is -3.87. The number of nitrogens with one attached hydrogen (secondary N) is 1.